The van der Waals surface area contributed by atoms with Crippen LogP contribution in [0.3, 0.4) is 0 Å². The highest BCUT2D eigenvalue weighted by atomic mass is 16.3. The van der Waals surface area contributed by atoms with E-state index in [1.807, 2.05) is 24.0 Å². The minimum Gasteiger partial charge on any atom is -0.392 e. The lowest BCUT2D eigenvalue weighted by Crippen LogP contribution is -2.24. The third-order valence-electron chi connectivity index (χ3n) is 2.19. The summed E-state index contributed by atoms with van der Waals surface area (Å²) in [5.74, 6) is 0.852. The Morgan fingerprint density at radius 3 is 2.80 bits per heavy atom. The molecule has 0 bridgehead atoms. The Bertz CT molecular complexity index is 329. The monoisotopic (exact) mass is 205 g/mol. The smallest absolute Gasteiger partial charge is 0.128 e. The zero-order chi connectivity index (χ0) is 11.1. The Kier molecular flexibility index (Phi) is 4.58. The Labute approximate surface area is 89.8 Å². The van der Waals surface area contributed by atoms with Crippen LogP contribution < -0.4 is 4.90 Å². The van der Waals surface area contributed by atoms with Crippen molar-refractivity contribution < 1.29 is 5.11 Å². The summed E-state index contributed by atoms with van der Waals surface area (Å²) in [4.78, 5) is 6.26. The summed E-state index contributed by atoms with van der Waals surface area (Å²) >= 11 is 0. The second-order valence-corrected chi connectivity index (χ2v) is 3.17. The van der Waals surface area contributed by atoms with Gasteiger partial charge in [-0.1, -0.05) is 6.07 Å². The molecule has 0 fully saturated rings. The highest BCUT2D eigenvalue weighted by molar-refractivity contribution is 5.39. The molecule has 1 aromatic rings. The summed E-state index contributed by atoms with van der Waals surface area (Å²) in [7, 11) is 0. The summed E-state index contributed by atoms with van der Waals surface area (Å²) < 4.78 is 0. The summed E-state index contributed by atoms with van der Waals surface area (Å²) in [6.07, 6.45) is 2.15. The van der Waals surface area contributed by atoms with Crippen LogP contribution in [0.25, 0.3) is 0 Å². The van der Waals surface area contributed by atoms with Gasteiger partial charge in [-0.05, 0) is 18.6 Å². The van der Waals surface area contributed by atoms with Crippen LogP contribution in [0.5, 0.6) is 0 Å². The van der Waals surface area contributed by atoms with E-state index in [2.05, 4.69) is 11.1 Å². The van der Waals surface area contributed by atoms with Gasteiger partial charge in [0.25, 0.3) is 0 Å². The molecule has 1 rings (SSSR count). The average Bonchev–Trinajstić information content (AvgIpc) is 2.31. The van der Waals surface area contributed by atoms with Gasteiger partial charge < -0.3 is 10.0 Å². The van der Waals surface area contributed by atoms with Crippen LogP contribution in [0.4, 0.5) is 5.82 Å². The molecule has 1 aromatic heterocycles. The molecule has 0 saturated heterocycles. The fourth-order valence-corrected chi connectivity index (χ4v) is 1.32. The quantitative estimate of drug-likeness (QED) is 0.787. The number of aliphatic hydroxyl groups is 1. The third-order valence-corrected chi connectivity index (χ3v) is 2.19. The predicted octanol–water partition coefficient (Wildman–Crippen LogP) is 1.31. The molecule has 0 aliphatic carbocycles. The molecule has 0 radical (unpaired) electrons. The van der Waals surface area contributed by atoms with Gasteiger partial charge in [0.05, 0.1) is 19.1 Å². The van der Waals surface area contributed by atoms with E-state index < -0.39 is 0 Å². The van der Waals surface area contributed by atoms with E-state index in [1.54, 1.807) is 6.20 Å². The Hall–Kier alpha value is -1.60. The lowest BCUT2D eigenvalue weighted by atomic mass is 10.3. The highest BCUT2D eigenvalue weighted by Gasteiger charge is 2.04. The molecule has 80 valence electrons. The standard InChI is InChI=1S/C11H15N3O/c1-2-14(7-3-6-12)11-5-4-10(9-15)8-13-11/h4-5,8,15H,2-3,7,9H2,1H3. The summed E-state index contributed by atoms with van der Waals surface area (Å²) in [5, 5.41) is 17.4. The molecule has 0 spiro atoms. The van der Waals surface area contributed by atoms with Crippen molar-refractivity contribution in [1.82, 2.24) is 4.98 Å². The first-order valence-corrected chi connectivity index (χ1v) is 4.99. The van der Waals surface area contributed by atoms with Gasteiger partial charge in [-0.25, -0.2) is 4.98 Å². The van der Waals surface area contributed by atoms with Gasteiger partial charge in [-0.3, -0.25) is 0 Å². The van der Waals surface area contributed by atoms with Crippen molar-refractivity contribution in [2.24, 2.45) is 0 Å². The number of nitriles is 1. The van der Waals surface area contributed by atoms with E-state index >= 15 is 0 Å². The normalized spacial score (nSPS) is 9.67. The number of aliphatic hydroxyl groups excluding tert-OH is 1. The minimum absolute atomic E-state index is 0.0115. The molecule has 4 heteroatoms. The molecular formula is C11H15N3O. The lowest BCUT2D eigenvalue weighted by Gasteiger charge is -2.20. The summed E-state index contributed by atoms with van der Waals surface area (Å²) in [6.45, 7) is 3.56. The molecule has 0 unspecified atom stereocenters. The first kappa shape index (κ1) is 11.5. The lowest BCUT2D eigenvalue weighted by molar-refractivity contribution is 0.281. The van der Waals surface area contributed by atoms with Crippen LogP contribution in [-0.4, -0.2) is 23.2 Å². The number of hydrogen-bond donors (Lipinski definition) is 1. The SMILES string of the molecule is CCN(CCC#N)c1ccc(CO)cn1. The molecule has 0 aliphatic rings. The number of anilines is 1. The molecule has 0 saturated carbocycles. The molecule has 0 atom stereocenters. The van der Waals surface area contributed by atoms with Crippen LogP contribution in [0.2, 0.25) is 0 Å². The molecule has 1 N–H and O–H groups in total. The fraction of sp³-hybridized carbons (Fsp3) is 0.455. The van der Waals surface area contributed by atoms with Crippen LogP contribution in [-0.2, 0) is 6.61 Å². The van der Waals surface area contributed by atoms with Crippen molar-refractivity contribution in [3.05, 3.63) is 23.9 Å². The first-order chi connectivity index (χ1) is 7.31. The number of nitrogens with zero attached hydrogens (tertiary/aromatic N) is 3. The van der Waals surface area contributed by atoms with Crippen molar-refractivity contribution in [2.75, 3.05) is 18.0 Å². The van der Waals surface area contributed by atoms with Gasteiger partial charge in [0.1, 0.15) is 5.82 Å². The number of hydrogen-bond acceptors (Lipinski definition) is 4. The minimum atomic E-state index is 0.0115. The number of rotatable bonds is 5. The fourth-order valence-electron chi connectivity index (χ4n) is 1.32. The van der Waals surface area contributed by atoms with E-state index in [1.165, 1.54) is 0 Å². The van der Waals surface area contributed by atoms with Gasteiger partial charge in [0.2, 0.25) is 0 Å². The van der Waals surface area contributed by atoms with E-state index in [0.29, 0.717) is 13.0 Å². The number of pyridine rings is 1. The molecule has 4 nitrogen and oxygen atoms in total. The van der Waals surface area contributed by atoms with Crippen LogP contribution in [0, 0.1) is 11.3 Å². The average molecular weight is 205 g/mol. The maximum atomic E-state index is 8.87. The van der Waals surface area contributed by atoms with Crippen molar-refractivity contribution in [3.8, 4) is 6.07 Å². The maximum absolute atomic E-state index is 8.87. The third kappa shape index (κ3) is 3.22. The topological polar surface area (TPSA) is 60.2 Å². The Balaban J connectivity index is 2.70. The molecule has 15 heavy (non-hydrogen) atoms. The van der Waals surface area contributed by atoms with Gasteiger partial charge >= 0.3 is 0 Å². The van der Waals surface area contributed by atoms with Gasteiger partial charge in [0.15, 0.2) is 0 Å². The Morgan fingerprint density at radius 1 is 1.53 bits per heavy atom. The summed E-state index contributed by atoms with van der Waals surface area (Å²) in [6, 6.07) is 5.83. The van der Waals surface area contributed by atoms with Gasteiger partial charge in [-0.2, -0.15) is 5.26 Å². The zero-order valence-corrected chi connectivity index (χ0v) is 8.85. The highest BCUT2D eigenvalue weighted by Crippen LogP contribution is 2.11. The molecule has 1 heterocycles. The summed E-state index contributed by atoms with van der Waals surface area (Å²) in [5.41, 5.74) is 0.801. The number of aromatic nitrogens is 1. The molecule has 0 aliphatic heterocycles. The second kappa shape index (κ2) is 5.99. The van der Waals surface area contributed by atoms with Gasteiger partial charge in [0, 0.05) is 19.3 Å². The molecule has 0 aromatic carbocycles. The first-order valence-electron chi connectivity index (χ1n) is 4.99. The van der Waals surface area contributed by atoms with Crippen molar-refractivity contribution in [2.45, 2.75) is 20.0 Å². The van der Waals surface area contributed by atoms with E-state index in [-0.39, 0.29) is 6.61 Å². The van der Waals surface area contributed by atoms with Crippen LogP contribution in [0.15, 0.2) is 18.3 Å². The van der Waals surface area contributed by atoms with E-state index in [4.69, 9.17) is 10.4 Å². The van der Waals surface area contributed by atoms with Crippen LogP contribution >= 0.6 is 0 Å². The van der Waals surface area contributed by atoms with Crippen LogP contribution in [0.1, 0.15) is 18.9 Å². The van der Waals surface area contributed by atoms with E-state index in [9.17, 15) is 0 Å². The molecular weight excluding hydrogens is 190 g/mol. The predicted molar refractivity (Wildman–Crippen MR) is 58.3 cm³/mol. The van der Waals surface area contributed by atoms with Crippen molar-refractivity contribution >= 4 is 5.82 Å². The van der Waals surface area contributed by atoms with E-state index in [0.717, 1.165) is 17.9 Å². The van der Waals surface area contributed by atoms with Crippen molar-refractivity contribution in [1.29, 1.82) is 5.26 Å². The zero-order valence-electron chi connectivity index (χ0n) is 8.85. The largest absolute Gasteiger partial charge is 0.392 e. The molecule has 0 amide bonds. The second-order valence-electron chi connectivity index (χ2n) is 3.17. The van der Waals surface area contributed by atoms with Crippen molar-refractivity contribution in [3.63, 3.8) is 0 Å². The maximum Gasteiger partial charge on any atom is 0.128 e. The van der Waals surface area contributed by atoms with Gasteiger partial charge in [-0.15, -0.1) is 0 Å². The Morgan fingerprint density at radius 2 is 2.33 bits per heavy atom.